The molecule has 2 heterocycles. The van der Waals surface area contributed by atoms with E-state index in [2.05, 4.69) is 4.52 Å². The Balaban J connectivity index is 2.24. The lowest BCUT2D eigenvalue weighted by atomic mass is 10.1. The van der Waals surface area contributed by atoms with Crippen molar-refractivity contribution in [1.29, 1.82) is 5.41 Å². The van der Waals surface area contributed by atoms with E-state index in [-0.39, 0.29) is 5.49 Å². The molecule has 1 fully saturated rings. The highest BCUT2D eigenvalue weighted by Gasteiger charge is 2.44. The van der Waals surface area contributed by atoms with E-state index in [4.69, 9.17) is 32.6 Å². The number of hydrogen-bond acceptors (Lipinski definition) is 7. The first-order valence-electron chi connectivity index (χ1n) is 6.10. The van der Waals surface area contributed by atoms with E-state index in [1.54, 1.807) is 0 Å². The number of ether oxygens (including phenoxy) is 1. The number of aliphatic hydroxyl groups excluding tert-OH is 2. The molecule has 0 aliphatic carbocycles. The summed E-state index contributed by atoms with van der Waals surface area (Å²) in [5.74, 6) is 0. The second-order valence-corrected chi connectivity index (χ2v) is 8.98. The van der Waals surface area contributed by atoms with Gasteiger partial charge >= 0.3 is 11.8 Å². The van der Waals surface area contributed by atoms with Crippen LogP contribution in [-0.4, -0.2) is 44.3 Å². The molecule has 4 atom stereocenters. The third kappa shape index (κ3) is 3.62. The molecular formula is C10H14Cl2N3O6P. The number of halogens is 2. The van der Waals surface area contributed by atoms with Crippen molar-refractivity contribution in [2.24, 2.45) is 7.05 Å². The number of hydrogen-bond donors (Lipinski definition) is 3. The number of aromatic nitrogens is 2. The average Bonchev–Trinajstić information content (AvgIpc) is 2.70. The van der Waals surface area contributed by atoms with Gasteiger partial charge in [0.15, 0.2) is 6.23 Å². The van der Waals surface area contributed by atoms with Crippen LogP contribution in [0.3, 0.4) is 0 Å². The number of aliphatic hydroxyl groups is 2. The fourth-order valence-electron chi connectivity index (χ4n) is 2.05. The first-order chi connectivity index (χ1) is 10.1. The van der Waals surface area contributed by atoms with Crippen molar-refractivity contribution in [2.45, 2.75) is 24.5 Å². The largest absolute Gasteiger partial charge is 0.387 e. The lowest BCUT2D eigenvalue weighted by molar-refractivity contribution is -0.0512. The molecule has 12 heteroatoms. The van der Waals surface area contributed by atoms with Gasteiger partial charge in [-0.2, -0.15) is 0 Å². The molecule has 1 aromatic heterocycles. The van der Waals surface area contributed by atoms with E-state index in [1.807, 2.05) is 0 Å². The molecule has 0 amide bonds. The van der Waals surface area contributed by atoms with E-state index in [9.17, 15) is 19.6 Å². The van der Waals surface area contributed by atoms with Crippen LogP contribution in [-0.2, 0) is 20.9 Å². The van der Waals surface area contributed by atoms with Crippen LogP contribution in [0, 0.1) is 5.41 Å². The molecule has 2 unspecified atom stereocenters. The highest BCUT2D eigenvalue weighted by atomic mass is 35.9. The quantitative estimate of drug-likeness (QED) is 0.631. The van der Waals surface area contributed by atoms with Gasteiger partial charge in [0, 0.05) is 13.2 Å². The number of rotatable bonds is 4. The zero-order valence-corrected chi connectivity index (χ0v) is 13.7. The number of nitrogens with zero attached hydrogens (tertiary/aromatic N) is 2. The Morgan fingerprint density at radius 1 is 1.45 bits per heavy atom. The summed E-state index contributed by atoms with van der Waals surface area (Å²) in [5, 5.41) is 27.4. The Morgan fingerprint density at radius 2 is 2.09 bits per heavy atom. The van der Waals surface area contributed by atoms with Gasteiger partial charge in [-0.25, -0.2) is 4.79 Å². The predicted octanol–water partition coefficient (Wildman–Crippen LogP) is -0.112. The van der Waals surface area contributed by atoms with Crippen molar-refractivity contribution in [1.82, 2.24) is 9.13 Å². The maximum atomic E-state index is 12.1. The highest BCUT2D eigenvalue weighted by molar-refractivity contribution is 8.05. The molecule has 0 radical (unpaired) electrons. The minimum Gasteiger partial charge on any atom is -0.387 e. The molecule has 0 aromatic carbocycles. The first kappa shape index (κ1) is 17.7. The Bertz CT molecular complexity index is 715. The maximum Gasteiger partial charge on any atom is 0.380 e. The van der Waals surface area contributed by atoms with Gasteiger partial charge in [0.2, 0.25) is 0 Å². The molecule has 0 bridgehead atoms. The van der Waals surface area contributed by atoms with Crippen LogP contribution in [0.15, 0.2) is 17.1 Å². The number of nitrogens with one attached hydrogen (secondary N) is 1. The lowest BCUT2D eigenvalue weighted by Crippen LogP contribution is -2.41. The molecule has 3 N–H and O–H groups in total. The molecule has 1 saturated heterocycles. The van der Waals surface area contributed by atoms with Gasteiger partial charge in [-0.1, -0.05) is 0 Å². The monoisotopic (exact) mass is 373 g/mol. The van der Waals surface area contributed by atoms with Gasteiger partial charge in [-0.15, -0.1) is 0 Å². The summed E-state index contributed by atoms with van der Waals surface area (Å²) in [7, 11) is 1.39. The van der Waals surface area contributed by atoms with Gasteiger partial charge in [0.25, 0.3) is 0 Å². The second kappa shape index (κ2) is 6.45. The van der Waals surface area contributed by atoms with Crippen LogP contribution in [0.1, 0.15) is 6.23 Å². The summed E-state index contributed by atoms with van der Waals surface area (Å²) in [6.45, 7) is -0.420. The van der Waals surface area contributed by atoms with Crippen LogP contribution in [0.25, 0.3) is 0 Å². The smallest absolute Gasteiger partial charge is 0.380 e. The topological polar surface area (TPSA) is 127 Å². The van der Waals surface area contributed by atoms with E-state index < -0.39 is 42.9 Å². The molecule has 0 spiro atoms. The fourth-order valence-corrected chi connectivity index (χ4v) is 2.71. The first-order valence-corrected chi connectivity index (χ1v) is 9.53. The predicted molar refractivity (Wildman–Crippen MR) is 76.7 cm³/mol. The Morgan fingerprint density at radius 3 is 2.68 bits per heavy atom. The summed E-state index contributed by atoms with van der Waals surface area (Å²) in [6.07, 6.45) is -7.61. The zero-order valence-electron chi connectivity index (χ0n) is 11.3. The van der Waals surface area contributed by atoms with Gasteiger partial charge in [-0.05, 0) is 28.5 Å². The standard InChI is InChI=1S/C10H14Cl2N3O6P/c1-14-6(13)2-3-15(10(14)18)9-8(17)7(16)5(21-9)4-20-22(11,12)19/h2-3,5,7-9,13,16-17H,4H2,1H3/t5-,7?,8?,9-/m1/s1. The van der Waals surface area contributed by atoms with Crippen molar-refractivity contribution < 1.29 is 24.0 Å². The van der Waals surface area contributed by atoms with Gasteiger partial charge in [0.05, 0.1) is 6.61 Å². The van der Waals surface area contributed by atoms with Crippen LogP contribution in [0.2, 0.25) is 0 Å². The van der Waals surface area contributed by atoms with Crippen LogP contribution in [0.5, 0.6) is 0 Å². The zero-order chi connectivity index (χ0) is 16.7. The second-order valence-electron chi connectivity index (χ2n) is 4.71. The Hall–Kier alpha value is -0.670. The minimum absolute atomic E-state index is 0.0283. The third-order valence-electron chi connectivity index (χ3n) is 3.26. The van der Waals surface area contributed by atoms with Crippen molar-refractivity contribution in [2.75, 3.05) is 6.61 Å². The summed E-state index contributed by atoms with van der Waals surface area (Å²) < 4.78 is 23.2. The molecule has 1 aromatic rings. The molecule has 9 nitrogen and oxygen atoms in total. The van der Waals surface area contributed by atoms with Crippen molar-refractivity contribution in [3.8, 4) is 0 Å². The molecule has 2 rings (SSSR count). The van der Waals surface area contributed by atoms with Gasteiger partial charge in [-0.3, -0.25) is 19.1 Å². The van der Waals surface area contributed by atoms with Gasteiger partial charge < -0.3 is 19.5 Å². The lowest BCUT2D eigenvalue weighted by Gasteiger charge is -2.18. The molecular weight excluding hydrogens is 360 g/mol. The van der Waals surface area contributed by atoms with E-state index in [1.165, 1.54) is 19.3 Å². The Kier molecular flexibility index (Phi) is 5.18. The van der Waals surface area contributed by atoms with Crippen molar-refractivity contribution in [3.05, 3.63) is 28.2 Å². The van der Waals surface area contributed by atoms with Crippen molar-refractivity contribution >= 4 is 28.6 Å². The average molecular weight is 374 g/mol. The van der Waals surface area contributed by atoms with E-state index in [0.29, 0.717) is 0 Å². The molecule has 1 aliphatic heterocycles. The maximum absolute atomic E-state index is 12.1. The summed E-state index contributed by atoms with van der Waals surface area (Å²) in [5.41, 5.74) is -0.634. The molecule has 0 saturated carbocycles. The summed E-state index contributed by atoms with van der Waals surface area (Å²) in [6, 6.07) is 1.33. The fraction of sp³-hybridized carbons (Fsp3) is 0.600. The highest BCUT2D eigenvalue weighted by Crippen LogP contribution is 2.57. The third-order valence-corrected chi connectivity index (χ3v) is 4.30. The summed E-state index contributed by atoms with van der Waals surface area (Å²) >= 11 is 10.5. The SMILES string of the molecule is Cn1c(=N)ccn([C@@H]2O[C@H](COP(=O)(Cl)Cl)C(O)C2O)c1=O. The molecule has 124 valence electrons. The van der Waals surface area contributed by atoms with Gasteiger partial charge in [0.1, 0.15) is 23.8 Å². The van der Waals surface area contributed by atoms with Crippen LogP contribution < -0.4 is 11.2 Å². The normalized spacial score (nSPS) is 29.0. The minimum atomic E-state index is -3.81. The van der Waals surface area contributed by atoms with E-state index in [0.717, 1.165) is 9.13 Å². The van der Waals surface area contributed by atoms with Crippen LogP contribution >= 0.6 is 28.6 Å². The van der Waals surface area contributed by atoms with E-state index >= 15 is 0 Å². The van der Waals surface area contributed by atoms with Crippen LogP contribution in [0.4, 0.5) is 0 Å². The molecule has 1 aliphatic rings. The summed E-state index contributed by atoms with van der Waals surface area (Å²) in [4.78, 5) is 12.1. The van der Waals surface area contributed by atoms with Crippen molar-refractivity contribution in [3.63, 3.8) is 0 Å². The molecule has 22 heavy (non-hydrogen) atoms. The Labute approximate surface area is 134 Å².